The second-order valence-corrected chi connectivity index (χ2v) is 0.474. The van der Waals surface area contributed by atoms with Crippen molar-refractivity contribution in [2.45, 2.75) is 0 Å². The van der Waals surface area contributed by atoms with Crippen LogP contribution in [0.3, 0.4) is 0 Å². The fourth-order valence-electron chi connectivity index (χ4n) is 0. The maximum Gasteiger partial charge on any atom is 0.0241 e. The third-order valence-corrected chi connectivity index (χ3v) is 0.112. The summed E-state index contributed by atoms with van der Waals surface area (Å²) in [4.78, 5) is 0. The van der Waals surface area contributed by atoms with Gasteiger partial charge in [-0.3, -0.25) is 0 Å². The molecule has 0 fully saturated rings. The van der Waals surface area contributed by atoms with Gasteiger partial charge in [-0.2, -0.15) is 0 Å². The smallest absolute Gasteiger partial charge is 0.0241 e. The van der Waals surface area contributed by atoms with Crippen molar-refractivity contribution >= 4 is 0 Å². The third-order valence-electron chi connectivity index (χ3n) is 0.112. The second-order valence-electron chi connectivity index (χ2n) is 0.474. The summed E-state index contributed by atoms with van der Waals surface area (Å²) in [7, 11) is 0. The van der Waals surface area contributed by atoms with E-state index in [-0.39, 0.29) is 39.7 Å². The summed E-state index contributed by atoms with van der Waals surface area (Å²) in [5.74, 6) is 0. The average molecular weight is 273 g/mol. The zero-order valence-electron chi connectivity index (χ0n) is 3.18. The Morgan fingerprint density at radius 2 is 1.67 bits per heavy atom. The van der Waals surface area contributed by atoms with E-state index in [9.17, 15) is 0 Å². The van der Waals surface area contributed by atoms with Gasteiger partial charge in [0.25, 0.3) is 0 Å². The van der Waals surface area contributed by atoms with Crippen molar-refractivity contribution in [1.29, 1.82) is 0 Å². The normalized spacial score (nSPS) is 5.00. The van der Waals surface area contributed by atoms with Gasteiger partial charge in [0, 0.05) is 27.7 Å². The zero-order chi connectivity index (χ0) is 3.41. The Kier molecular flexibility index (Phi) is 47.0. The van der Waals surface area contributed by atoms with Crippen LogP contribution in [0.1, 0.15) is 0 Å². The van der Waals surface area contributed by atoms with Crippen molar-refractivity contribution in [3.8, 4) is 0 Å². The van der Waals surface area contributed by atoms with Crippen LogP contribution in [0.2, 0.25) is 0 Å². The quantitative estimate of drug-likeness (QED) is 0.667. The molecule has 3 nitrogen and oxygen atoms in total. The molecule has 0 aliphatic carbocycles. The van der Waals surface area contributed by atoms with Gasteiger partial charge in [0.2, 0.25) is 0 Å². The summed E-state index contributed by atoms with van der Waals surface area (Å²) in [6.07, 6.45) is 0. The molecule has 0 radical (unpaired) electrons. The van der Waals surface area contributed by atoms with E-state index in [1.165, 1.54) is 0 Å². The molecule has 0 heterocycles. The number of hydrogen-bond donors (Lipinski definition) is 1. The predicted octanol–water partition coefficient (Wildman–Crippen LogP) is -0.796. The standard InChI is InChI=1S/C2H6NO.H2O.Pt/c3-1-2-4;;/h3-4H,1-2H2;1H2;/q-1;;. The van der Waals surface area contributed by atoms with Crippen molar-refractivity contribution in [2.75, 3.05) is 13.2 Å². The van der Waals surface area contributed by atoms with E-state index >= 15 is 0 Å². The SMILES string of the molecule is O.[NH-]CCO.[Pt]. The van der Waals surface area contributed by atoms with E-state index in [0.29, 0.717) is 0 Å². The molecular weight excluding hydrogens is 265 g/mol. The van der Waals surface area contributed by atoms with Gasteiger partial charge < -0.3 is 16.3 Å². The molecule has 0 unspecified atom stereocenters. The van der Waals surface area contributed by atoms with Gasteiger partial charge in [-0.1, -0.05) is 0 Å². The Morgan fingerprint density at radius 1 is 1.50 bits per heavy atom. The van der Waals surface area contributed by atoms with Gasteiger partial charge in [-0.05, 0) is 0 Å². The first kappa shape index (κ1) is 16.0. The van der Waals surface area contributed by atoms with E-state index < -0.39 is 0 Å². The van der Waals surface area contributed by atoms with Crippen LogP contribution < -0.4 is 0 Å². The van der Waals surface area contributed by atoms with E-state index in [0.717, 1.165) is 0 Å². The van der Waals surface area contributed by atoms with Gasteiger partial charge >= 0.3 is 0 Å². The minimum atomic E-state index is -0.0139. The first-order chi connectivity index (χ1) is 1.91. The van der Waals surface area contributed by atoms with Gasteiger partial charge in [0.05, 0.1) is 0 Å². The van der Waals surface area contributed by atoms with E-state index in [4.69, 9.17) is 10.8 Å². The third kappa shape index (κ3) is 23.6. The molecule has 0 spiro atoms. The molecule has 44 valence electrons. The number of aliphatic hydroxyl groups excluding tert-OH is 1. The Bertz CT molecular complexity index is 13.5. The van der Waals surface area contributed by atoms with Crippen LogP contribution >= 0.6 is 0 Å². The molecule has 0 amide bonds. The molecule has 0 saturated heterocycles. The summed E-state index contributed by atoms with van der Waals surface area (Å²) >= 11 is 0. The van der Waals surface area contributed by atoms with Crippen molar-refractivity contribution in [3.05, 3.63) is 5.73 Å². The molecule has 4 N–H and O–H groups in total. The van der Waals surface area contributed by atoms with E-state index in [1.807, 2.05) is 0 Å². The molecule has 0 rings (SSSR count). The molecule has 6 heavy (non-hydrogen) atoms. The monoisotopic (exact) mass is 273 g/mol. The summed E-state index contributed by atoms with van der Waals surface area (Å²) in [5, 5.41) is 7.69. The molecule has 0 bridgehead atoms. The molecule has 0 aromatic heterocycles. The van der Waals surface area contributed by atoms with E-state index in [2.05, 4.69) is 0 Å². The van der Waals surface area contributed by atoms with Crippen molar-refractivity contribution in [2.24, 2.45) is 0 Å². The Hall–Kier alpha value is 0.568. The fourth-order valence-corrected chi connectivity index (χ4v) is 0. The molecule has 0 atom stereocenters. The topological polar surface area (TPSA) is 75.5 Å². The van der Waals surface area contributed by atoms with Gasteiger partial charge in [0.15, 0.2) is 0 Å². The Labute approximate surface area is 51.1 Å². The van der Waals surface area contributed by atoms with Crippen LogP contribution in [-0.4, -0.2) is 23.7 Å². The second kappa shape index (κ2) is 17.6. The van der Waals surface area contributed by atoms with Crippen molar-refractivity contribution in [3.63, 3.8) is 0 Å². The summed E-state index contributed by atoms with van der Waals surface area (Å²) in [6, 6.07) is 0. The molecule has 0 aromatic rings. The number of aliphatic hydroxyl groups is 1. The van der Waals surface area contributed by atoms with Crippen LogP contribution in [0, 0.1) is 0 Å². The van der Waals surface area contributed by atoms with Crippen LogP contribution in [-0.2, 0) is 21.1 Å². The minimum Gasteiger partial charge on any atom is -0.676 e. The summed E-state index contributed by atoms with van der Waals surface area (Å²) < 4.78 is 0. The number of rotatable bonds is 1. The van der Waals surface area contributed by atoms with Gasteiger partial charge in [-0.25, -0.2) is 0 Å². The largest absolute Gasteiger partial charge is 0.676 e. The fraction of sp³-hybridized carbons (Fsp3) is 1.00. The molecule has 0 aromatic carbocycles. The average Bonchev–Trinajstić information content (AvgIpc) is 1.37. The van der Waals surface area contributed by atoms with Crippen LogP contribution in [0.25, 0.3) is 5.73 Å². The van der Waals surface area contributed by atoms with Crippen LogP contribution in [0.4, 0.5) is 0 Å². The minimum absolute atomic E-state index is 0. The molecular formula is C2H8NO2Pt-. The predicted molar refractivity (Wildman–Crippen MR) is 19.9 cm³/mol. The van der Waals surface area contributed by atoms with Crippen LogP contribution in [0.15, 0.2) is 0 Å². The van der Waals surface area contributed by atoms with E-state index in [1.54, 1.807) is 0 Å². The molecule has 0 aliphatic heterocycles. The molecule has 0 aliphatic rings. The van der Waals surface area contributed by atoms with Gasteiger partial charge in [-0.15, -0.1) is 6.54 Å². The first-order valence-corrected chi connectivity index (χ1v) is 1.17. The maximum atomic E-state index is 7.69. The van der Waals surface area contributed by atoms with Crippen molar-refractivity contribution in [1.82, 2.24) is 0 Å². The molecule has 0 saturated carbocycles. The number of hydrogen-bond acceptors (Lipinski definition) is 1. The Balaban J connectivity index is -0.0000000450. The Morgan fingerprint density at radius 3 is 1.67 bits per heavy atom. The molecule has 4 heteroatoms. The van der Waals surface area contributed by atoms with Crippen LogP contribution in [0.5, 0.6) is 0 Å². The summed E-state index contributed by atoms with van der Waals surface area (Å²) in [5.41, 5.74) is 6.20. The number of nitrogens with one attached hydrogen (secondary N) is 1. The maximum absolute atomic E-state index is 7.69. The van der Waals surface area contributed by atoms with Crippen molar-refractivity contribution < 1.29 is 31.6 Å². The zero-order valence-corrected chi connectivity index (χ0v) is 5.45. The van der Waals surface area contributed by atoms with Gasteiger partial charge in [0.1, 0.15) is 0 Å². The first-order valence-electron chi connectivity index (χ1n) is 1.17. The summed E-state index contributed by atoms with van der Waals surface area (Å²) in [6.45, 7) is 0.111.